The largest absolute Gasteiger partial charge is 0.376 e. The van der Waals surface area contributed by atoms with Gasteiger partial charge >= 0.3 is 0 Å². The van der Waals surface area contributed by atoms with E-state index in [-0.39, 0.29) is 12.5 Å². The lowest BCUT2D eigenvalue weighted by Gasteiger charge is -2.10. The van der Waals surface area contributed by atoms with Crippen LogP contribution in [0.2, 0.25) is 10.0 Å². The number of carbonyl (C=O) groups is 1. The number of nitrogens with zero attached hydrogens (tertiary/aromatic N) is 3. The van der Waals surface area contributed by atoms with Gasteiger partial charge in [-0.1, -0.05) is 23.2 Å². The first kappa shape index (κ1) is 17.8. The van der Waals surface area contributed by atoms with Gasteiger partial charge in [0.05, 0.1) is 27.8 Å². The molecule has 0 atom stereocenters. The summed E-state index contributed by atoms with van der Waals surface area (Å²) in [6.45, 7) is 0.0507. The quantitative estimate of drug-likeness (QED) is 0.692. The van der Waals surface area contributed by atoms with Gasteiger partial charge in [0.15, 0.2) is 0 Å². The zero-order valence-corrected chi connectivity index (χ0v) is 14.9. The van der Waals surface area contributed by atoms with E-state index in [1.54, 1.807) is 35.3 Å². The average molecular weight is 386 g/mol. The topological polar surface area (TPSA) is 82.7 Å². The fourth-order valence-electron chi connectivity index (χ4n) is 2.29. The Morgan fingerprint density at radius 3 is 2.58 bits per heavy atom. The fourth-order valence-corrected chi connectivity index (χ4v) is 2.77. The second-order valence-corrected chi connectivity index (χ2v) is 6.14. The Bertz CT molecular complexity index is 980. The molecule has 3 rings (SSSR count). The Hall–Kier alpha value is -3.01. The molecule has 0 bridgehead atoms. The van der Waals surface area contributed by atoms with E-state index < -0.39 is 0 Å². The molecule has 0 aliphatic rings. The van der Waals surface area contributed by atoms with Gasteiger partial charge in [0.2, 0.25) is 5.91 Å². The molecule has 1 heterocycles. The van der Waals surface area contributed by atoms with E-state index in [9.17, 15) is 4.79 Å². The van der Waals surface area contributed by atoms with Gasteiger partial charge in [-0.25, -0.2) is 4.68 Å². The molecule has 6 nitrogen and oxygen atoms in total. The summed E-state index contributed by atoms with van der Waals surface area (Å²) >= 11 is 12.2. The maximum Gasteiger partial charge on any atom is 0.243 e. The number of nitriles is 1. The molecule has 0 spiro atoms. The standard InChI is InChI=1S/C18H13Cl2N5O/c19-15-9-14(3-2-12(15)10-21)24-18(26)11-22-13-4-5-17(16(20)8-13)25-7-1-6-23-25/h1-9,22H,11H2,(H,24,26). The first-order chi connectivity index (χ1) is 12.6. The molecule has 2 aromatic carbocycles. The molecule has 0 unspecified atom stereocenters. The van der Waals surface area contributed by atoms with Crippen LogP contribution in [-0.4, -0.2) is 22.2 Å². The monoisotopic (exact) mass is 385 g/mol. The molecule has 8 heteroatoms. The summed E-state index contributed by atoms with van der Waals surface area (Å²) in [4.78, 5) is 12.1. The number of halogens is 2. The van der Waals surface area contributed by atoms with Crippen LogP contribution in [0, 0.1) is 11.3 Å². The predicted octanol–water partition coefficient (Wildman–Crippen LogP) is 4.10. The third-order valence-electron chi connectivity index (χ3n) is 3.53. The van der Waals surface area contributed by atoms with Gasteiger partial charge in [0, 0.05) is 23.8 Å². The van der Waals surface area contributed by atoms with Crippen molar-refractivity contribution in [3.63, 3.8) is 0 Å². The van der Waals surface area contributed by atoms with Gasteiger partial charge in [0.25, 0.3) is 0 Å². The van der Waals surface area contributed by atoms with Crippen LogP contribution >= 0.6 is 23.2 Å². The third kappa shape index (κ3) is 4.14. The van der Waals surface area contributed by atoms with Gasteiger partial charge in [-0.05, 0) is 42.5 Å². The van der Waals surface area contributed by atoms with Gasteiger partial charge in [-0.15, -0.1) is 0 Å². The van der Waals surface area contributed by atoms with Crippen LogP contribution in [-0.2, 0) is 4.79 Å². The summed E-state index contributed by atoms with van der Waals surface area (Å²) in [6, 6.07) is 13.8. The van der Waals surface area contributed by atoms with E-state index in [0.717, 1.165) is 5.69 Å². The zero-order valence-electron chi connectivity index (χ0n) is 13.4. The number of nitrogens with one attached hydrogen (secondary N) is 2. The number of benzene rings is 2. The molecule has 2 N–H and O–H groups in total. The average Bonchev–Trinajstić information content (AvgIpc) is 3.14. The van der Waals surface area contributed by atoms with E-state index >= 15 is 0 Å². The highest BCUT2D eigenvalue weighted by Crippen LogP contribution is 2.24. The molecule has 0 aliphatic heterocycles. The third-order valence-corrected chi connectivity index (χ3v) is 4.14. The van der Waals surface area contributed by atoms with Gasteiger partial charge in [0.1, 0.15) is 6.07 Å². The Kier molecular flexibility index (Phi) is 5.42. The van der Waals surface area contributed by atoms with Crippen molar-refractivity contribution in [1.82, 2.24) is 9.78 Å². The Labute approximate surface area is 160 Å². The summed E-state index contributed by atoms with van der Waals surface area (Å²) in [5.74, 6) is -0.252. The first-order valence-electron chi connectivity index (χ1n) is 7.60. The Morgan fingerprint density at radius 1 is 1.15 bits per heavy atom. The number of rotatable bonds is 5. The first-order valence-corrected chi connectivity index (χ1v) is 8.35. The summed E-state index contributed by atoms with van der Waals surface area (Å²) in [7, 11) is 0. The van der Waals surface area contributed by atoms with Crippen molar-refractivity contribution < 1.29 is 4.79 Å². The summed E-state index contributed by atoms with van der Waals surface area (Å²) in [5, 5.41) is 19.5. The van der Waals surface area contributed by atoms with Crippen molar-refractivity contribution in [3.05, 3.63) is 70.5 Å². The molecule has 0 aliphatic carbocycles. The summed E-state index contributed by atoms with van der Waals surface area (Å²) in [6.07, 6.45) is 3.46. The highest BCUT2D eigenvalue weighted by Gasteiger charge is 2.07. The van der Waals surface area contributed by atoms with Crippen LogP contribution in [0.15, 0.2) is 54.9 Å². The molecular weight excluding hydrogens is 373 g/mol. The second kappa shape index (κ2) is 7.91. The van der Waals surface area contributed by atoms with Crippen LogP contribution in [0.1, 0.15) is 5.56 Å². The van der Waals surface area contributed by atoms with Crippen molar-refractivity contribution in [2.45, 2.75) is 0 Å². The van der Waals surface area contributed by atoms with E-state index in [4.69, 9.17) is 28.5 Å². The van der Waals surface area contributed by atoms with E-state index in [2.05, 4.69) is 15.7 Å². The number of hydrogen-bond acceptors (Lipinski definition) is 4. The van der Waals surface area contributed by atoms with Gasteiger partial charge in [-0.2, -0.15) is 10.4 Å². The Morgan fingerprint density at radius 2 is 1.92 bits per heavy atom. The van der Waals surface area contributed by atoms with Crippen LogP contribution in [0.3, 0.4) is 0 Å². The fraction of sp³-hybridized carbons (Fsp3) is 0.0556. The van der Waals surface area contributed by atoms with Crippen LogP contribution in [0.5, 0.6) is 0 Å². The predicted molar refractivity (Wildman–Crippen MR) is 102 cm³/mol. The van der Waals surface area contributed by atoms with Crippen LogP contribution < -0.4 is 10.6 Å². The maximum absolute atomic E-state index is 12.1. The van der Waals surface area contributed by atoms with E-state index in [1.807, 2.05) is 24.3 Å². The molecule has 0 radical (unpaired) electrons. The number of anilines is 2. The highest BCUT2D eigenvalue weighted by atomic mass is 35.5. The second-order valence-electron chi connectivity index (χ2n) is 5.32. The lowest BCUT2D eigenvalue weighted by atomic mass is 10.2. The minimum Gasteiger partial charge on any atom is -0.376 e. The lowest BCUT2D eigenvalue weighted by Crippen LogP contribution is -2.21. The van der Waals surface area contributed by atoms with E-state index in [1.165, 1.54) is 6.07 Å². The number of carbonyl (C=O) groups excluding carboxylic acids is 1. The number of amides is 1. The van der Waals surface area contributed by atoms with Gasteiger partial charge in [-0.3, -0.25) is 4.79 Å². The van der Waals surface area contributed by atoms with Crippen molar-refractivity contribution >= 4 is 40.5 Å². The lowest BCUT2D eigenvalue weighted by molar-refractivity contribution is -0.114. The van der Waals surface area contributed by atoms with Crippen LogP contribution in [0.25, 0.3) is 5.69 Å². The molecule has 26 heavy (non-hydrogen) atoms. The summed E-state index contributed by atoms with van der Waals surface area (Å²) in [5.41, 5.74) is 2.33. The van der Waals surface area contributed by atoms with Crippen molar-refractivity contribution in [1.29, 1.82) is 5.26 Å². The molecule has 1 amide bonds. The smallest absolute Gasteiger partial charge is 0.243 e. The van der Waals surface area contributed by atoms with Crippen molar-refractivity contribution in [3.8, 4) is 11.8 Å². The molecular formula is C18H13Cl2N5O. The van der Waals surface area contributed by atoms with Crippen molar-refractivity contribution in [2.75, 3.05) is 17.2 Å². The molecule has 1 aromatic heterocycles. The normalized spacial score (nSPS) is 10.2. The van der Waals surface area contributed by atoms with Crippen LogP contribution in [0.4, 0.5) is 11.4 Å². The molecule has 3 aromatic rings. The molecule has 130 valence electrons. The van der Waals surface area contributed by atoms with E-state index in [0.29, 0.717) is 27.0 Å². The summed E-state index contributed by atoms with van der Waals surface area (Å²) < 4.78 is 1.66. The van der Waals surface area contributed by atoms with Crippen molar-refractivity contribution in [2.24, 2.45) is 0 Å². The highest BCUT2D eigenvalue weighted by molar-refractivity contribution is 6.32. The molecule has 0 fully saturated rings. The number of aromatic nitrogens is 2. The number of hydrogen-bond donors (Lipinski definition) is 2. The molecule has 0 saturated carbocycles. The van der Waals surface area contributed by atoms with Gasteiger partial charge < -0.3 is 10.6 Å². The minimum atomic E-state index is -0.252. The SMILES string of the molecule is N#Cc1ccc(NC(=O)CNc2ccc(-n3cccn3)c(Cl)c2)cc1Cl. The Balaban J connectivity index is 1.60. The zero-order chi connectivity index (χ0) is 18.5. The molecule has 0 saturated heterocycles. The minimum absolute atomic E-state index is 0.0507. The maximum atomic E-state index is 12.1.